The van der Waals surface area contributed by atoms with Gasteiger partial charge in [-0.05, 0) is 43.2 Å². The van der Waals surface area contributed by atoms with Crippen LogP contribution in [0.3, 0.4) is 0 Å². The van der Waals surface area contributed by atoms with Crippen molar-refractivity contribution < 1.29 is 29.0 Å². The summed E-state index contributed by atoms with van der Waals surface area (Å²) in [6.07, 6.45) is 1.32. The van der Waals surface area contributed by atoms with Crippen LogP contribution in [0.4, 0.5) is 5.00 Å². The van der Waals surface area contributed by atoms with E-state index in [0.717, 1.165) is 11.3 Å². The van der Waals surface area contributed by atoms with Crippen molar-refractivity contribution >= 4 is 40.2 Å². The maximum atomic E-state index is 12.8. The molecule has 168 valence electrons. The predicted molar refractivity (Wildman–Crippen MR) is 120 cm³/mol. The average molecular weight is 458 g/mol. The van der Waals surface area contributed by atoms with Crippen LogP contribution in [0.5, 0.6) is 11.5 Å². The Labute approximate surface area is 189 Å². The number of nitrogens with zero attached hydrogens (tertiary/aromatic N) is 2. The van der Waals surface area contributed by atoms with Gasteiger partial charge in [-0.15, -0.1) is 11.3 Å². The Kier molecular flexibility index (Phi) is 7.98. The zero-order valence-corrected chi connectivity index (χ0v) is 19.1. The van der Waals surface area contributed by atoms with Crippen molar-refractivity contribution in [2.45, 2.75) is 13.8 Å². The molecule has 0 bridgehead atoms. The van der Waals surface area contributed by atoms with Gasteiger partial charge in [0.1, 0.15) is 16.6 Å². The highest BCUT2D eigenvalue weighted by Gasteiger charge is 2.27. The van der Waals surface area contributed by atoms with E-state index in [2.05, 4.69) is 5.32 Å². The third kappa shape index (κ3) is 5.25. The summed E-state index contributed by atoms with van der Waals surface area (Å²) in [5.74, 6) is -1.67. The van der Waals surface area contributed by atoms with E-state index in [1.54, 1.807) is 27.9 Å². The molecule has 0 radical (unpaired) electrons. The van der Waals surface area contributed by atoms with E-state index >= 15 is 0 Å². The number of carbonyl (C=O) groups is 3. The van der Waals surface area contributed by atoms with Crippen LogP contribution in [0.25, 0.3) is 6.08 Å². The Morgan fingerprint density at radius 2 is 2.00 bits per heavy atom. The molecule has 9 nitrogen and oxygen atoms in total. The number of thiophene rings is 1. The van der Waals surface area contributed by atoms with Crippen molar-refractivity contribution in [3.05, 3.63) is 45.3 Å². The van der Waals surface area contributed by atoms with E-state index in [0.29, 0.717) is 17.7 Å². The van der Waals surface area contributed by atoms with Gasteiger partial charge >= 0.3 is 5.97 Å². The first-order chi connectivity index (χ1) is 15.1. The van der Waals surface area contributed by atoms with Crippen LogP contribution >= 0.6 is 11.3 Å². The fraction of sp³-hybridized carbons (Fsp3) is 0.273. The van der Waals surface area contributed by atoms with Crippen molar-refractivity contribution in [3.63, 3.8) is 0 Å². The molecule has 0 saturated heterocycles. The maximum Gasteiger partial charge on any atom is 0.341 e. The minimum Gasteiger partial charge on any atom is -0.504 e. The number of phenols is 1. The molecule has 0 aliphatic heterocycles. The number of anilines is 1. The number of nitrogens with one attached hydrogen (secondary N) is 1. The van der Waals surface area contributed by atoms with Crippen LogP contribution in [0.1, 0.15) is 38.1 Å². The number of rotatable bonds is 7. The summed E-state index contributed by atoms with van der Waals surface area (Å²) in [5, 5.41) is 22.0. The quantitative estimate of drug-likeness (QED) is 0.371. The number of nitriles is 1. The van der Waals surface area contributed by atoms with Gasteiger partial charge in [0.05, 0.1) is 24.2 Å². The van der Waals surface area contributed by atoms with Gasteiger partial charge in [0, 0.05) is 14.1 Å². The Morgan fingerprint density at radius 1 is 1.31 bits per heavy atom. The number of aromatic hydroxyl groups is 1. The van der Waals surface area contributed by atoms with Crippen molar-refractivity contribution in [2.75, 3.05) is 33.1 Å². The summed E-state index contributed by atoms with van der Waals surface area (Å²) in [4.78, 5) is 39.2. The molecule has 1 aromatic heterocycles. The molecule has 0 saturated carbocycles. The number of amides is 2. The second-order valence-corrected chi connectivity index (χ2v) is 7.76. The van der Waals surface area contributed by atoms with Crippen LogP contribution in [0, 0.1) is 18.3 Å². The van der Waals surface area contributed by atoms with E-state index < -0.39 is 11.9 Å². The van der Waals surface area contributed by atoms with Crippen molar-refractivity contribution in [1.29, 1.82) is 5.26 Å². The summed E-state index contributed by atoms with van der Waals surface area (Å²) in [7, 11) is 4.34. The van der Waals surface area contributed by atoms with Gasteiger partial charge in [0.25, 0.3) is 11.8 Å². The van der Waals surface area contributed by atoms with Gasteiger partial charge in [-0.2, -0.15) is 5.26 Å². The molecule has 0 aliphatic rings. The summed E-state index contributed by atoms with van der Waals surface area (Å²) in [6, 6.07) is 6.22. The van der Waals surface area contributed by atoms with Gasteiger partial charge in [0.15, 0.2) is 11.5 Å². The lowest BCUT2D eigenvalue weighted by atomic mass is 10.1. The number of benzene rings is 1. The van der Waals surface area contributed by atoms with Crippen LogP contribution in [0.2, 0.25) is 0 Å². The highest BCUT2D eigenvalue weighted by Crippen LogP contribution is 2.35. The molecule has 0 spiro atoms. The minimum absolute atomic E-state index is 0.0524. The van der Waals surface area contributed by atoms with Gasteiger partial charge in [-0.1, -0.05) is 6.07 Å². The molecular formula is C22H23N3O6S. The molecule has 2 rings (SSSR count). The molecule has 0 fully saturated rings. The first kappa shape index (κ1) is 24.4. The lowest BCUT2D eigenvalue weighted by molar-refractivity contribution is -0.112. The molecule has 32 heavy (non-hydrogen) atoms. The molecular weight excluding hydrogens is 434 g/mol. The molecule has 2 aromatic rings. The molecule has 10 heteroatoms. The molecule has 2 N–H and O–H groups in total. The lowest BCUT2D eigenvalue weighted by Crippen LogP contribution is -2.21. The Hall–Kier alpha value is -3.84. The Balaban J connectivity index is 2.44. The first-order valence-corrected chi connectivity index (χ1v) is 10.3. The number of ether oxygens (including phenoxy) is 2. The molecule has 1 aromatic carbocycles. The number of carbonyl (C=O) groups excluding carboxylic acids is 3. The maximum absolute atomic E-state index is 12.8. The van der Waals surface area contributed by atoms with Crippen LogP contribution < -0.4 is 10.1 Å². The van der Waals surface area contributed by atoms with E-state index in [9.17, 15) is 24.8 Å². The van der Waals surface area contributed by atoms with Crippen molar-refractivity contribution in [2.24, 2.45) is 0 Å². The second-order valence-electron chi connectivity index (χ2n) is 6.74. The highest BCUT2D eigenvalue weighted by molar-refractivity contribution is 7.18. The van der Waals surface area contributed by atoms with Crippen molar-refractivity contribution in [1.82, 2.24) is 4.90 Å². The number of methoxy groups -OCH3 is 1. The average Bonchev–Trinajstić information content (AvgIpc) is 3.08. The zero-order chi connectivity index (χ0) is 24.0. The van der Waals surface area contributed by atoms with Gasteiger partial charge in [-0.25, -0.2) is 4.79 Å². The summed E-state index contributed by atoms with van der Waals surface area (Å²) in [6.45, 7) is 3.67. The summed E-state index contributed by atoms with van der Waals surface area (Å²) >= 11 is 0.926. The fourth-order valence-electron chi connectivity index (χ4n) is 2.73. The first-order valence-electron chi connectivity index (χ1n) is 9.46. The number of hydrogen-bond donors (Lipinski definition) is 2. The second kappa shape index (κ2) is 10.5. The minimum atomic E-state index is -0.770. The summed E-state index contributed by atoms with van der Waals surface area (Å²) in [5.41, 5.74) is 0.632. The van der Waals surface area contributed by atoms with Gasteiger partial charge in [0.2, 0.25) is 0 Å². The smallest absolute Gasteiger partial charge is 0.341 e. The third-order valence-electron chi connectivity index (χ3n) is 4.32. The number of phenolic OH excluding ortho intramolecular Hbond substituents is 1. The molecule has 0 aliphatic carbocycles. The van der Waals surface area contributed by atoms with Crippen LogP contribution in [-0.2, 0) is 9.53 Å². The zero-order valence-electron chi connectivity index (χ0n) is 18.3. The Morgan fingerprint density at radius 3 is 2.56 bits per heavy atom. The normalized spacial score (nSPS) is 10.8. The predicted octanol–water partition coefficient (Wildman–Crippen LogP) is 3.19. The fourth-order valence-corrected chi connectivity index (χ4v) is 3.95. The SMILES string of the molecule is CCOc1cc(/C=C(\C#N)C(=O)Nc2sc(C(=O)N(C)C)c(C)c2C(=O)OC)ccc1O. The van der Waals surface area contributed by atoms with Gasteiger partial charge < -0.3 is 24.8 Å². The topological polar surface area (TPSA) is 129 Å². The van der Waals surface area contributed by atoms with E-state index in [1.165, 1.54) is 36.3 Å². The molecule has 0 unspecified atom stereocenters. The monoisotopic (exact) mass is 457 g/mol. The van der Waals surface area contributed by atoms with Crippen LogP contribution in [-0.4, -0.2) is 55.6 Å². The molecule has 1 heterocycles. The lowest BCUT2D eigenvalue weighted by Gasteiger charge is -2.08. The molecule has 2 amide bonds. The number of esters is 1. The van der Waals surface area contributed by atoms with E-state index in [4.69, 9.17) is 9.47 Å². The standard InChI is InChI=1S/C22H23N3O6S/c1-6-31-16-10-13(7-8-15(16)26)9-14(11-23)19(27)24-20-17(22(29)30-5)12(2)18(32-20)21(28)25(3)4/h7-10,26H,6H2,1-5H3,(H,24,27)/b14-9+. The largest absolute Gasteiger partial charge is 0.504 e. The summed E-state index contributed by atoms with van der Waals surface area (Å²) < 4.78 is 10.1. The van der Waals surface area contributed by atoms with Gasteiger partial charge in [-0.3, -0.25) is 9.59 Å². The number of hydrogen-bond acceptors (Lipinski definition) is 8. The Bertz CT molecular complexity index is 1130. The van der Waals surface area contributed by atoms with Crippen LogP contribution in [0.15, 0.2) is 23.8 Å². The van der Waals surface area contributed by atoms with Crippen molar-refractivity contribution in [3.8, 4) is 17.6 Å². The van der Waals surface area contributed by atoms with E-state index in [1.807, 2.05) is 6.07 Å². The third-order valence-corrected chi connectivity index (χ3v) is 5.52. The highest BCUT2D eigenvalue weighted by atomic mass is 32.1. The molecule has 0 atom stereocenters. The van der Waals surface area contributed by atoms with E-state index in [-0.39, 0.29) is 38.4 Å².